The number of para-hydroxylation sites is 1. The van der Waals surface area contributed by atoms with Crippen molar-refractivity contribution >= 4 is 28.9 Å². The van der Waals surface area contributed by atoms with Crippen LogP contribution in [0.1, 0.15) is 5.56 Å². The second kappa shape index (κ2) is 6.54. The van der Waals surface area contributed by atoms with Gasteiger partial charge < -0.3 is 10.6 Å². The summed E-state index contributed by atoms with van der Waals surface area (Å²) in [6, 6.07) is 8.55. The average Bonchev–Trinajstić information content (AvgIpc) is 2.42. The molecule has 0 aliphatic heterocycles. The fraction of sp³-hybridized carbons (Fsp3) is 0.133. The third-order valence-corrected chi connectivity index (χ3v) is 3.09. The number of anilines is 2. The summed E-state index contributed by atoms with van der Waals surface area (Å²) in [5.74, 6) is -2.18. The number of aryl methyl sites for hydroxylation is 1. The van der Waals surface area contributed by atoms with Gasteiger partial charge in [-0.3, -0.25) is 4.79 Å². The molecule has 6 heteroatoms. The molecule has 1 amide bonds. The quantitative estimate of drug-likeness (QED) is 0.897. The van der Waals surface area contributed by atoms with Crippen molar-refractivity contribution in [2.24, 2.45) is 0 Å². The maximum atomic E-state index is 13.4. The molecular formula is C15H13ClF2N2O. The molecule has 0 aromatic heterocycles. The molecule has 0 atom stereocenters. The van der Waals surface area contributed by atoms with Crippen LogP contribution in [0.25, 0.3) is 0 Å². The highest BCUT2D eigenvalue weighted by molar-refractivity contribution is 6.30. The van der Waals surface area contributed by atoms with Crippen molar-refractivity contribution in [2.75, 3.05) is 17.2 Å². The highest BCUT2D eigenvalue weighted by atomic mass is 35.5. The Morgan fingerprint density at radius 2 is 1.86 bits per heavy atom. The molecule has 3 nitrogen and oxygen atoms in total. The molecule has 0 heterocycles. The number of hydrogen-bond acceptors (Lipinski definition) is 2. The van der Waals surface area contributed by atoms with Crippen LogP contribution < -0.4 is 10.6 Å². The van der Waals surface area contributed by atoms with Crippen LogP contribution in [0.2, 0.25) is 5.02 Å². The molecule has 0 bridgehead atoms. The van der Waals surface area contributed by atoms with E-state index in [4.69, 9.17) is 11.6 Å². The summed E-state index contributed by atoms with van der Waals surface area (Å²) in [5, 5.41) is 5.68. The van der Waals surface area contributed by atoms with Gasteiger partial charge in [0.05, 0.1) is 6.54 Å². The predicted molar refractivity (Wildman–Crippen MR) is 79.7 cm³/mol. The fourth-order valence-electron chi connectivity index (χ4n) is 1.80. The van der Waals surface area contributed by atoms with Crippen molar-refractivity contribution < 1.29 is 13.6 Å². The average molecular weight is 311 g/mol. The first-order chi connectivity index (χ1) is 9.97. The lowest BCUT2D eigenvalue weighted by Crippen LogP contribution is -2.23. The van der Waals surface area contributed by atoms with Gasteiger partial charge in [-0.25, -0.2) is 8.78 Å². The van der Waals surface area contributed by atoms with E-state index in [-0.39, 0.29) is 6.54 Å². The van der Waals surface area contributed by atoms with Crippen LogP contribution in [0.5, 0.6) is 0 Å². The Kier molecular flexibility index (Phi) is 4.75. The summed E-state index contributed by atoms with van der Waals surface area (Å²) in [6.45, 7) is 1.72. The smallest absolute Gasteiger partial charge is 0.243 e. The third-order valence-electron chi connectivity index (χ3n) is 2.86. The first kappa shape index (κ1) is 15.3. The summed E-state index contributed by atoms with van der Waals surface area (Å²) in [6.07, 6.45) is 0. The highest BCUT2D eigenvalue weighted by Gasteiger charge is 2.11. The van der Waals surface area contributed by atoms with E-state index in [2.05, 4.69) is 10.6 Å². The minimum absolute atomic E-state index is 0.115. The third kappa shape index (κ3) is 3.92. The summed E-state index contributed by atoms with van der Waals surface area (Å²) in [5.41, 5.74) is 1.15. The van der Waals surface area contributed by atoms with Crippen LogP contribution in [0.4, 0.5) is 20.2 Å². The molecule has 2 aromatic carbocycles. The molecule has 0 saturated carbocycles. The molecule has 0 fully saturated rings. The van der Waals surface area contributed by atoms with Crippen LogP contribution in [-0.4, -0.2) is 12.5 Å². The topological polar surface area (TPSA) is 41.1 Å². The molecule has 0 radical (unpaired) electrons. The molecule has 2 aromatic rings. The van der Waals surface area contributed by atoms with Crippen LogP contribution in [0, 0.1) is 18.6 Å². The summed E-state index contributed by atoms with van der Waals surface area (Å²) in [4.78, 5) is 11.7. The molecule has 21 heavy (non-hydrogen) atoms. The summed E-state index contributed by atoms with van der Waals surface area (Å²) in [7, 11) is 0. The second-order valence-electron chi connectivity index (χ2n) is 4.46. The van der Waals surface area contributed by atoms with Crippen LogP contribution in [0.15, 0.2) is 36.4 Å². The van der Waals surface area contributed by atoms with E-state index in [0.29, 0.717) is 5.02 Å². The number of rotatable bonds is 4. The number of carbonyl (C=O) groups excluding carboxylic acids is 1. The maximum Gasteiger partial charge on any atom is 0.243 e. The Morgan fingerprint density at radius 1 is 1.19 bits per heavy atom. The van der Waals surface area contributed by atoms with E-state index in [1.54, 1.807) is 18.2 Å². The summed E-state index contributed by atoms with van der Waals surface area (Å²) < 4.78 is 26.8. The number of benzene rings is 2. The fourth-order valence-corrected chi connectivity index (χ4v) is 2.03. The number of carbonyl (C=O) groups is 1. The van der Waals surface area contributed by atoms with Crippen LogP contribution in [0.3, 0.4) is 0 Å². The zero-order chi connectivity index (χ0) is 15.4. The predicted octanol–water partition coefficient (Wildman–Crippen LogP) is 3.98. The first-order valence-electron chi connectivity index (χ1n) is 6.21. The lowest BCUT2D eigenvalue weighted by Gasteiger charge is -2.11. The Balaban J connectivity index is 1.99. The van der Waals surface area contributed by atoms with Gasteiger partial charge >= 0.3 is 0 Å². The summed E-state index contributed by atoms with van der Waals surface area (Å²) >= 11 is 5.83. The molecule has 0 unspecified atom stereocenters. The molecule has 0 spiro atoms. The van der Waals surface area contributed by atoms with Crippen molar-refractivity contribution in [1.82, 2.24) is 0 Å². The van der Waals surface area contributed by atoms with E-state index in [0.717, 1.165) is 23.4 Å². The number of hydrogen-bond donors (Lipinski definition) is 2. The molecule has 0 aliphatic rings. The van der Waals surface area contributed by atoms with Gasteiger partial charge in [-0.05, 0) is 42.8 Å². The standard InChI is InChI=1S/C15H13ClF2N2O/c1-9-7-10(16)5-6-13(9)19-8-14(21)20-15-11(17)3-2-4-12(15)18/h2-7,19H,8H2,1H3,(H,20,21). The Hall–Kier alpha value is -2.14. The number of nitrogens with one attached hydrogen (secondary N) is 2. The van der Waals surface area contributed by atoms with Crippen molar-refractivity contribution in [3.63, 3.8) is 0 Å². The zero-order valence-corrected chi connectivity index (χ0v) is 12.0. The number of halogens is 3. The minimum Gasteiger partial charge on any atom is -0.376 e. The Labute approximate surface area is 125 Å². The van der Waals surface area contributed by atoms with Gasteiger partial charge in [-0.1, -0.05) is 17.7 Å². The monoisotopic (exact) mass is 310 g/mol. The molecular weight excluding hydrogens is 298 g/mol. The van der Waals surface area contributed by atoms with Gasteiger partial charge in [0.1, 0.15) is 17.3 Å². The van der Waals surface area contributed by atoms with Gasteiger partial charge in [0.25, 0.3) is 0 Å². The van der Waals surface area contributed by atoms with Gasteiger partial charge in [-0.2, -0.15) is 0 Å². The van der Waals surface area contributed by atoms with Crippen LogP contribution in [-0.2, 0) is 4.79 Å². The normalized spacial score (nSPS) is 10.3. The van der Waals surface area contributed by atoms with Crippen molar-refractivity contribution in [3.8, 4) is 0 Å². The Bertz CT molecular complexity index is 656. The second-order valence-corrected chi connectivity index (χ2v) is 4.89. The molecule has 2 N–H and O–H groups in total. The Morgan fingerprint density at radius 3 is 2.48 bits per heavy atom. The van der Waals surface area contributed by atoms with E-state index in [1.807, 2.05) is 6.92 Å². The largest absolute Gasteiger partial charge is 0.376 e. The van der Waals surface area contributed by atoms with E-state index >= 15 is 0 Å². The van der Waals surface area contributed by atoms with Gasteiger partial charge in [0, 0.05) is 10.7 Å². The van der Waals surface area contributed by atoms with Crippen molar-refractivity contribution in [2.45, 2.75) is 6.92 Å². The van der Waals surface area contributed by atoms with E-state index in [9.17, 15) is 13.6 Å². The van der Waals surface area contributed by atoms with E-state index in [1.165, 1.54) is 6.07 Å². The molecule has 0 saturated heterocycles. The van der Waals surface area contributed by atoms with Crippen molar-refractivity contribution in [1.29, 1.82) is 0 Å². The first-order valence-corrected chi connectivity index (χ1v) is 6.59. The van der Waals surface area contributed by atoms with Gasteiger partial charge in [0.2, 0.25) is 5.91 Å². The molecule has 2 rings (SSSR count). The highest BCUT2D eigenvalue weighted by Crippen LogP contribution is 2.20. The molecule has 110 valence electrons. The van der Waals surface area contributed by atoms with Gasteiger partial charge in [0.15, 0.2) is 0 Å². The molecule has 0 aliphatic carbocycles. The minimum atomic E-state index is -0.814. The zero-order valence-electron chi connectivity index (χ0n) is 11.2. The maximum absolute atomic E-state index is 13.4. The van der Waals surface area contributed by atoms with Crippen LogP contribution >= 0.6 is 11.6 Å². The SMILES string of the molecule is Cc1cc(Cl)ccc1NCC(=O)Nc1c(F)cccc1F. The lowest BCUT2D eigenvalue weighted by atomic mass is 10.2. The number of amides is 1. The van der Waals surface area contributed by atoms with E-state index < -0.39 is 23.2 Å². The lowest BCUT2D eigenvalue weighted by molar-refractivity contribution is -0.114. The van der Waals surface area contributed by atoms with Crippen molar-refractivity contribution in [3.05, 3.63) is 58.6 Å². The van der Waals surface area contributed by atoms with Gasteiger partial charge in [-0.15, -0.1) is 0 Å².